The van der Waals surface area contributed by atoms with Gasteiger partial charge in [0.2, 0.25) is 0 Å². The number of hydrogen-bond acceptors (Lipinski definition) is 4. The number of nitrogens with two attached hydrogens (primary N) is 1. The van der Waals surface area contributed by atoms with E-state index in [4.69, 9.17) is 5.73 Å². The lowest BCUT2D eigenvalue weighted by Crippen LogP contribution is -2.17. The quantitative estimate of drug-likeness (QED) is 0.832. The maximum absolute atomic E-state index is 12.2. The van der Waals surface area contributed by atoms with Gasteiger partial charge in [0, 0.05) is 11.1 Å². The highest BCUT2D eigenvalue weighted by Gasteiger charge is 2.19. The lowest BCUT2D eigenvalue weighted by atomic mass is 10.1. The van der Waals surface area contributed by atoms with Crippen LogP contribution in [0, 0.1) is 6.92 Å². The van der Waals surface area contributed by atoms with E-state index in [-0.39, 0.29) is 11.6 Å². The summed E-state index contributed by atoms with van der Waals surface area (Å²) in [4.78, 5) is 27.8. The molecule has 112 valence electrons. The number of anilines is 1. The second-order valence-corrected chi connectivity index (χ2v) is 5.61. The first-order chi connectivity index (χ1) is 10.4. The average Bonchev–Trinajstić information content (AvgIpc) is 2.91. The van der Waals surface area contributed by atoms with Gasteiger partial charge in [-0.3, -0.25) is 9.59 Å². The van der Waals surface area contributed by atoms with E-state index in [9.17, 15) is 9.59 Å². The van der Waals surface area contributed by atoms with E-state index in [1.54, 1.807) is 12.1 Å². The minimum Gasteiger partial charge on any atom is -0.364 e. The van der Waals surface area contributed by atoms with Crippen LogP contribution < -0.4 is 11.1 Å². The molecule has 2 amide bonds. The van der Waals surface area contributed by atoms with Gasteiger partial charge in [-0.25, -0.2) is 4.98 Å². The monoisotopic (exact) mass is 313 g/mol. The first-order valence-corrected chi connectivity index (χ1v) is 7.24. The van der Waals surface area contributed by atoms with Crippen molar-refractivity contribution in [3.63, 3.8) is 0 Å². The molecule has 5 nitrogen and oxygen atoms in total. The number of rotatable bonds is 5. The minimum atomic E-state index is -0.710. The highest BCUT2D eigenvalue weighted by molar-refractivity contribution is 7.17. The van der Waals surface area contributed by atoms with Gasteiger partial charge in [0.05, 0.1) is 0 Å². The van der Waals surface area contributed by atoms with Gasteiger partial charge in [0.15, 0.2) is 5.69 Å². The first-order valence-electron chi connectivity index (χ1n) is 6.42. The molecule has 1 heterocycles. The van der Waals surface area contributed by atoms with Gasteiger partial charge >= 0.3 is 0 Å². The van der Waals surface area contributed by atoms with E-state index in [0.29, 0.717) is 21.1 Å². The fourth-order valence-electron chi connectivity index (χ4n) is 1.68. The van der Waals surface area contributed by atoms with Crippen LogP contribution in [0.4, 0.5) is 5.00 Å². The van der Waals surface area contributed by atoms with Gasteiger partial charge in [-0.15, -0.1) is 0 Å². The van der Waals surface area contributed by atoms with Crippen molar-refractivity contribution < 1.29 is 9.59 Å². The Morgan fingerprint density at radius 2 is 1.95 bits per heavy atom. The van der Waals surface area contributed by atoms with Crippen molar-refractivity contribution in [1.82, 2.24) is 4.98 Å². The molecule has 0 saturated carbocycles. The van der Waals surface area contributed by atoms with Crippen LogP contribution in [0.15, 0.2) is 43.5 Å². The van der Waals surface area contributed by atoms with Gasteiger partial charge < -0.3 is 11.1 Å². The molecule has 0 bridgehead atoms. The molecule has 1 aromatic carbocycles. The van der Waals surface area contributed by atoms with E-state index in [0.717, 1.165) is 16.9 Å². The Morgan fingerprint density at radius 3 is 2.50 bits per heavy atom. The Bertz CT molecular complexity index is 760. The SMILES string of the molecule is C=CC(=C)c1nc(C(N)=O)c(NC(=O)c2ccc(C)cc2)s1. The number of benzene rings is 1. The molecule has 1 aromatic heterocycles. The zero-order valence-corrected chi connectivity index (χ0v) is 12.9. The van der Waals surface area contributed by atoms with Crippen LogP contribution in [0.3, 0.4) is 0 Å². The normalized spacial score (nSPS) is 10.0. The Morgan fingerprint density at radius 1 is 1.32 bits per heavy atom. The van der Waals surface area contributed by atoms with Crippen LogP contribution in [-0.4, -0.2) is 16.8 Å². The Kier molecular flexibility index (Phi) is 4.53. The molecular formula is C16H15N3O2S. The number of amides is 2. The summed E-state index contributed by atoms with van der Waals surface area (Å²) in [7, 11) is 0. The second kappa shape index (κ2) is 6.36. The van der Waals surface area contributed by atoms with Crippen molar-refractivity contribution in [3.8, 4) is 0 Å². The molecule has 0 aliphatic carbocycles. The molecule has 6 heteroatoms. The molecule has 22 heavy (non-hydrogen) atoms. The summed E-state index contributed by atoms with van der Waals surface area (Å²) in [6.07, 6.45) is 1.52. The molecule has 0 radical (unpaired) electrons. The average molecular weight is 313 g/mol. The molecule has 0 atom stereocenters. The third-order valence-corrected chi connectivity index (χ3v) is 3.97. The van der Waals surface area contributed by atoms with Crippen molar-refractivity contribution in [2.45, 2.75) is 6.92 Å². The van der Waals surface area contributed by atoms with E-state index in [1.807, 2.05) is 19.1 Å². The molecule has 2 rings (SSSR count). The predicted molar refractivity (Wildman–Crippen MR) is 89.0 cm³/mol. The molecule has 0 saturated heterocycles. The van der Waals surface area contributed by atoms with Crippen molar-refractivity contribution in [2.24, 2.45) is 5.73 Å². The zero-order valence-electron chi connectivity index (χ0n) is 12.1. The smallest absolute Gasteiger partial charge is 0.270 e. The van der Waals surface area contributed by atoms with Gasteiger partial charge in [-0.2, -0.15) is 0 Å². The van der Waals surface area contributed by atoms with Crippen LogP contribution in [0.1, 0.15) is 31.4 Å². The van der Waals surface area contributed by atoms with Crippen LogP contribution >= 0.6 is 11.3 Å². The number of nitrogens with one attached hydrogen (secondary N) is 1. The van der Waals surface area contributed by atoms with E-state index < -0.39 is 5.91 Å². The number of carbonyl (C=O) groups excluding carboxylic acids is 2. The fraction of sp³-hybridized carbons (Fsp3) is 0.0625. The van der Waals surface area contributed by atoms with E-state index in [2.05, 4.69) is 23.5 Å². The molecule has 0 spiro atoms. The second-order valence-electron chi connectivity index (χ2n) is 4.61. The van der Waals surface area contributed by atoms with Gasteiger partial charge in [-0.1, -0.05) is 48.3 Å². The van der Waals surface area contributed by atoms with Crippen molar-refractivity contribution in [1.29, 1.82) is 0 Å². The van der Waals surface area contributed by atoms with Crippen molar-refractivity contribution in [2.75, 3.05) is 5.32 Å². The summed E-state index contributed by atoms with van der Waals surface area (Å²) in [6.45, 7) is 9.30. The standard InChI is InChI=1S/C16H15N3O2S/c1-4-10(3)15-18-12(13(17)20)16(22-15)19-14(21)11-7-5-9(2)6-8-11/h4-8H,1,3H2,2H3,(H2,17,20)(H,19,21). The van der Waals surface area contributed by atoms with Crippen molar-refractivity contribution in [3.05, 3.63) is 65.3 Å². The van der Waals surface area contributed by atoms with Crippen LogP contribution in [0.2, 0.25) is 0 Å². The largest absolute Gasteiger partial charge is 0.364 e. The van der Waals surface area contributed by atoms with Crippen molar-refractivity contribution >= 4 is 33.7 Å². The van der Waals surface area contributed by atoms with Crippen LogP contribution in [-0.2, 0) is 0 Å². The third kappa shape index (κ3) is 3.29. The maximum Gasteiger partial charge on any atom is 0.270 e. The van der Waals surface area contributed by atoms with E-state index >= 15 is 0 Å². The Labute approximate surface area is 132 Å². The summed E-state index contributed by atoms with van der Waals surface area (Å²) >= 11 is 1.13. The lowest BCUT2D eigenvalue weighted by Gasteiger charge is -2.04. The van der Waals surface area contributed by atoms with E-state index in [1.165, 1.54) is 6.08 Å². The topological polar surface area (TPSA) is 85.1 Å². The molecular weight excluding hydrogens is 298 g/mol. The molecule has 0 aliphatic rings. The number of primary amides is 1. The summed E-state index contributed by atoms with van der Waals surface area (Å²) in [5, 5.41) is 3.46. The van der Waals surface area contributed by atoms with Gasteiger partial charge in [0.1, 0.15) is 10.0 Å². The summed E-state index contributed by atoms with van der Waals surface area (Å²) in [6, 6.07) is 7.08. The maximum atomic E-state index is 12.2. The van der Waals surface area contributed by atoms with Crippen LogP contribution in [0.25, 0.3) is 5.57 Å². The zero-order chi connectivity index (χ0) is 16.3. The highest BCUT2D eigenvalue weighted by atomic mass is 32.1. The third-order valence-electron chi connectivity index (χ3n) is 2.92. The predicted octanol–water partition coefficient (Wildman–Crippen LogP) is 3.00. The minimum absolute atomic E-state index is 0.0171. The molecule has 3 N–H and O–H groups in total. The van der Waals surface area contributed by atoms with Gasteiger partial charge in [0.25, 0.3) is 11.8 Å². The summed E-state index contributed by atoms with van der Waals surface area (Å²) in [5.41, 5.74) is 7.42. The number of carbonyl (C=O) groups is 2. The first kappa shape index (κ1) is 15.7. The Hall–Kier alpha value is -2.73. The Balaban J connectivity index is 2.31. The van der Waals surface area contributed by atoms with Crippen LogP contribution in [0.5, 0.6) is 0 Å². The fourth-order valence-corrected chi connectivity index (χ4v) is 2.61. The number of nitrogens with zero attached hydrogens (tertiary/aromatic N) is 1. The highest BCUT2D eigenvalue weighted by Crippen LogP contribution is 2.29. The number of aryl methyl sites for hydroxylation is 1. The number of aromatic nitrogens is 1. The molecule has 2 aromatic rings. The van der Waals surface area contributed by atoms with Gasteiger partial charge in [-0.05, 0) is 19.1 Å². The summed E-state index contributed by atoms with van der Waals surface area (Å²) < 4.78 is 0. The number of allylic oxidation sites excluding steroid dienone is 2. The summed E-state index contributed by atoms with van der Waals surface area (Å²) in [5.74, 6) is -1.04. The molecule has 0 fully saturated rings. The lowest BCUT2D eigenvalue weighted by molar-refractivity contribution is 0.0997. The molecule has 0 unspecified atom stereocenters. The number of hydrogen-bond donors (Lipinski definition) is 2. The molecule has 0 aliphatic heterocycles. The number of thiazole rings is 1.